The van der Waals surface area contributed by atoms with Crippen LogP contribution in [-0.4, -0.2) is 39.5 Å². The Balaban J connectivity index is 1.64. The van der Waals surface area contributed by atoms with Crippen LogP contribution in [0.3, 0.4) is 0 Å². The topological polar surface area (TPSA) is 95.3 Å². The fourth-order valence-electron chi connectivity index (χ4n) is 3.30. The first-order valence-electron chi connectivity index (χ1n) is 11.1. The van der Waals surface area contributed by atoms with Gasteiger partial charge in [-0.3, -0.25) is 9.36 Å². The van der Waals surface area contributed by atoms with Crippen LogP contribution in [0, 0.1) is 13.8 Å². The fraction of sp³-hybridized carbons (Fsp3) is 0.360. The predicted octanol–water partition coefficient (Wildman–Crippen LogP) is 5.36. The molecule has 1 amide bonds. The molecule has 1 aromatic carbocycles. The smallest absolute Gasteiger partial charge is 0.341 e. The maximum absolute atomic E-state index is 12.7. The number of nitrogens with zero attached hydrogens (tertiary/aromatic N) is 3. The lowest BCUT2D eigenvalue weighted by Crippen LogP contribution is -2.16. The van der Waals surface area contributed by atoms with Crippen molar-refractivity contribution >= 4 is 40.0 Å². The molecule has 0 unspecified atom stereocenters. The molecule has 0 bridgehead atoms. The predicted molar refractivity (Wildman–Crippen MR) is 140 cm³/mol. The van der Waals surface area contributed by atoms with Crippen molar-refractivity contribution in [2.45, 2.75) is 51.9 Å². The highest BCUT2D eigenvalue weighted by Gasteiger charge is 2.22. The molecule has 0 saturated heterocycles. The third-order valence-electron chi connectivity index (χ3n) is 5.38. The summed E-state index contributed by atoms with van der Waals surface area (Å²) in [6.45, 7) is 12.6. The number of benzene rings is 1. The van der Waals surface area contributed by atoms with E-state index < -0.39 is 5.97 Å². The number of carbonyl (C=O) groups is 2. The van der Waals surface area contributed by atoms with Crippen molar-refractivity contribution in [2.24, 2.45) is 0 Å². The highest BCUT2D eigenvalue weighted by molar-refractivity contribution is 7.99. The number of hydrogen-bond donors (Lipinski definition) is 1. The minimum absolute atomic E-state index is 0.101. The number of nitrogens with one attached hydrogen (secondary N) is 1. The molecule has 8 nitrogen and oxygen atoms in total. The van der Waals surface area contributed by atoms with E-state index in [1.54, 1.807) is 6.08 Å². The molecular weight excluding hydrogens is 484 g/mol. The van der Waals surface area contributed by atoms with E-state index in [0.717, 1.165) is 16.2 Å². The molecule has 35 heavy (non-hydrogen) atoms. The van der Waals surface area contributed by atoms with E-state index in [0.29, 0.717) is 34.0 Å². The number of aryl methyl sites for hydroxylation is 1. The van der Waals surface area contributed by atoms with Crippen molar-refractivity contribution < 1.29 is 19.1 Å². The molecule has 2 aromatic heterocycles. The van der Waals surface area contributed by atoms with Crippen molar-refractivity contribution in [1.29, 1.82) is 0 Å². The van der Waals surface area contributed by atoms with Gasteiger partial charge in [-0.2, -0.15) is 0 Å². The third kappa shape index (κ3) is 6.52. The summed E-state index contributed by atoms with van der Waals surface area (Å²) in [5.41, 5.74) is 2.44. The summed E-state index contributed by atoms with van der Waals surface area (Å²) < 4.78 is 12.6. The lowest BCUT2D eigenvalue weighted by Gasteiger charge is -2.10. The normalized spacial score (nSPS) is 10.9. The Morgan fingerprint density at radius 3 is 2.57 bits per heavy atom. The Labute approximate surface area is 213 Å². The van der Waals surface area contributed by atoms with Crippen LogP contribution in [0.4, 0.5) is 5.00 Å². The monoisotopic (exact) mass is 514 g/mol. The van der Waals surface area contributed by atoms with Gasteiger partial charge in [0.1, 0.15) is 17.4 Å². The highest BCUT2D eigenvalue weighted by atomic mass is 32.2. The molecule has 0 aliphatic rings. The van der Waals surface area contributed by atoms with E-state index in [1.807, 2.05) is 30.5 Å². The van der Waals surface area contributed by atoms with Crippen molar-refractivity contribution in [3.8, 4) is 5.75 Å². The first-order chi connectivity index (χ1) is 16.7. The van der Waals surface area contributed by atoms with Crippen LogP contribution in [0.1, 0.15) is 52.0 Å². The molecule has 0 aliphatic carbocycles. The number of thioether (sulfide) groups is 1. The van der Waals surface area contributed by atoms with Gasteiger partial charge in [0.05, 0.1) is 18.4 Å². The number of methoxy groups -OCH3 is 1. The van der Waals surface area contributed by atoms with Crippen molar-refractivity contribution in [1.82, 2.24) is 14.8 Å². The Morgan fingerprint density at radius 1 is 1.23 bits per heavy atom. The maximum Gasteiger partial charge on any atom is 0.341 e. The van der Waals surface area contributed by atoms with Crippen LogP contribution in [0.5, 0.6) is 5.75 Å². The summed E-state index contributed by atoms with van der Waals surface area (Å²) in [7, 11) is 1.32. The van der Waals surface area contributed by atoms with Crippen LogP contribution < -0.4 is 10.1 Å². The van der Waals surface area contributed by atoms with E-state index in [-0.39, 0.29) is 18.3 Å². The number of carbonyl (C=O) groups excluding carboxylic acids is 2. The second-order valence-corrected chi connectivity index (χ2v) is 10.3. The molecule has 0 aliphatic heterocycles. The SMILES string of the molecule is C=CCn1c(COc2ccc(C(C)C)cc2)nnc1SCC(=O)Nc1sc(C)c(C)c1C(=O)OC. The summed E-state index contributed by atoms with van der Waals surface area (Å²) in [6, 6.07) is 7.99. The average Bonchev–Trinajstić information content (AvgIpc) is 3.35. The molecule has 0 spiro atoms. The summed E-state index contributed by atoms with van der Waals surface area (Å²) in [5, 5.41) is 12.4. The zero-order valence-corrected chi connectivity index (χ0v) is 22.2. The Morgan fingerprint density at radius 2 is 1.94 bits per heavy atom. The van der Waals surface area contributed by atoms with E-state index in [2.05, 4.69) is 48.1 Å². The molecule has 1 N–H and O–H groups in total. The number of rotatable bonds is 11. The zero-order valence-electron chi connectivity index (χ0n) is 20.6. The summed E-state index contributed by atoms with van der Waals surface area (Å²) >= 11 is 2.61. The van der Waals surface area contributed by atoms with Gasteiger partial charge < -0.3 is 14.8 Å². The standard InChI is InChI=1S/C25H30N4O4S2/c1-7-12-29-20(13-33-19-10-8-18(9-11-19)15(2)3)27-28-25(29)34-14-21(30)26-23-22(24(31)32-6)16(4)17(5)35-23/h7-11,15H,1,12-14H2,2-6H3,(H,26,30). The van der Waals surface area contributed by atoms with Gasteiger partial charge in [-0.05, 0) is 43.0 Å². The molecule has 186 valence electrons. The fourth-order valence-corrected chi connectivity index (χ4v) is 5.13. The van der Waals surface area contributed by atoms with Crippen molar-refractivity contribution in [3.63, 3.8) is 0 Å². The van der Waals surface area contributed by atoms with Crippen LogP contribution in [-0.2, 0) is 22.7 Å². The quantitative estimate of drug-likeness (QED) is 0.209. The van der Waals surface area contributed by atoms with Crippen LogP contribution in [0.2, 0.25) is 0 Å². The van der Waals surface area contributed by atoms with Gasteiger partial charge in [0.2, 0.25) is 5.91 Å². The zero-order chi connectivity index (χ0) is 25.5. The minimum Gasteiger partial charge on any atom is -0.486 e. The molecule has 0 radical (unpaired) electrons. The number of thiophene rings is 1. The first-order valence-corrected chi connectivity index (χ1v) is 12.9. The molecular formula is C25H30N4O4S2. The van der Waals surface area contributed by atoms with Crippen LogP contribution in [0.25, 0.3) is 0 Å². The summed E-state index contributed by atoms with van der Waals surface area (Å²) in [5.74, 6) is 1.22. The van der Waals surface area contributed by atoms with Crippen molar-refractivity contribution in [3.05, 3.63) is 64.3 Å². The molecule has 0 saturated carbocycles. The number of hydrogen-bond acceptors (Lipinski definition) is 8. The Bertz CT molecular complexity index is 1200. The number of anilines is 1. The molecule has 3 rings (SSSR count). The number of amides is 1. The van der Waals surface area contributed by atoms with E-state index in [1.165, 1.54) is 35.8 Å². The lowest BCUT2D eigenvalue weighted by atomic mass is 10.0. The molecule has 0 fully saturated rings. The third-order valence-corrected chi connectivity index (χ3v) is 7.47. The van der Waals surface area contributed by atoms with E-state index in [4.69, 9.17) is 9.47 Å². The Kier molecular flexibility index (Phi) is 9.11. The van der Waals surface area contributed by atoms with Gasteiger partial charge in [0.25, 0.3) is 0 Å². The van der Waals surface area contributed by atoms with E-state index in [9.17, 15) is 9.59 Å². The first kappa shape index (κ1) is 26.5. The van der Waals surface area contributed by atoms with Gasteiger partial charge in [0.15, 0.2) is 11.0 Å². The lowest BCUT2D eigenvalue weighted by molar-refractivity contribution is -0.113. The van der Waals surface area contributed by atoms with Crippen LogP contribution in [0.15, 0.2) is 42.1 Å². The van der Waals surface area contributed by atoms with Gasteiger partial charge >= 0.3 is 5.97 Å². The number of esters is 1. The Hall–Kier alpha value is -3.11. The van der Waals surface area contributed by atoms with Gasteiger partial charge in [-0.15, -0.1) is 28.1 Å². The summed E-state index contributed by atoms with van der Waals surface area (Å²) in [6.07, 6.45) is 1.74. The number of ether oxygens (including phenoxy) is 2. The van der Waals surface area contributed by atoms with Crippen molar-refractivity contribution in [2.75, 3.05) is 18.2 Å². The minimum atomic E-state index is -0.469. The molecule has 10 heteroatoms. The number of aromatic nitrogens is 3. The maximum atomic E-state index is 12.7. The molecule has 2 heterocycles. The van der Waals surface area contributed by atoms with Gasteiger partial charge in [0, 0.05) is 11.4 Å². The van der Waals surface area contributed by atoms with E-state index >= 15 is 0 Å². The van der Waals surface area contributed by atoms with Crippen LogP contribution >= 0.6 is 23.1 Å². The second kappa shape index (κ2) is 12.0. The number of allylic oxidation sites excluding steroid dienone is 1. The average molecular weight is 515 g/mol. The second-order valence-electron chi connectivity index (χ2n) is 8.13. The summed E-state index contributed by atoms with van der Waals surface area (Å²) in [4.78, 5) is 25.7. The largest absolute Gasteiger partial charge is 0.486 e. The molecule has 0 atom stereocenters. The van der Waals surface area contributed by atoms with Gasteiger partial charge in [-0.1, -0.05) is 43.8 Å². The molecule has 3 aromatic rings. The van der Waals surface area contributed by atoms with Gasteiger partial charge in [-0.25, -0.2) is 4.79 Å². The highest BCUT2D eigenvalue weighted by Crippen LogP contribution is 2.33.